The van der Waals surface area contributed by atoms with Gasteiger partial charge < -0.3 is 11.1 Å². The van der Waals surface area contributed by atoms with Crippen LogP contribution in [0.1, 0.15) is 6.92 Å². The Labute approximate surface area is 89.7 Å². The van der Waals surface area contributed by atoms with Gasteiger partial charge in [-0.25, -0.2) is 13.1 Å². The summed E-state index contributed by atoms with van der Waals surface area (Å²) in [6, 6.07) is 4.55. The highest BCUT2D eigenvalue weighted by atomic mass is 32.2. The van der Waals surface area contributed by atoms with Crippen molar-refractivity contribution in [3.63, 3.8) is 0 Å². The number of hydrogen-bond donors (Lipinski definition) is 3. The van der Waals surface area contributed by atoms with Gasteiger partial charge in [-0.2, -0.15) is 0 Å². The lowest BCUT2D eigenvalue weighted by Crippen LogP contribution is -2.23. The normalized spacial score (nSPS) is 11.3. The van der Waals surface area contributed by atoms with Crippen LogP contribution in [0.5, 0.6) is 0 Å². The standard InChI is InChI=1S/C9H15N3O2S/c1-3-12-15(13,14)7-4-5-8(10)9(6-7)11-2/h4-6,11-12H,3,10H2,1-2H3. The second-order valence-corrected chi connectivity index (χ2v) is 4.77. The van der Waals surface area contributed by atoms with Gasteiger partial charge in [0, 0.05) is 13.6 Å². The number of sulfonamides is 1. The molecule has 0 unspecified atom stereocenters. The van der Waals surface area contributed by atoms with Crippen LogP contribution in [0, 0.1) is 0 Å². The van der Waals surface area contributed by atoms with E-state index in [-0.39, 0.29) is 4.90 Å². The largest absolute Gasteiger partial charge is 0.397 e. The summed E-state index contributed by atoms with van der Waals surface area (Å²) in [5.41, 5.74) is 6.77. The zero-order chi connectivity index (χ0) is 11.5. The zero-order valence-corrected chi connectivity index (χ0v) is 9.56. The number of nitrogens with one attached hydrogen (secondary N) is 2. The summed E-state index contributed by atoms with van der Waals surface area (Å²) in [7, 11) is -1.72. The summed E-state index contributed by atoms with van der Waals surface area (Å²) in [4.78, 5) is 0.211. The van der Waals surface area contributed by atoms with Crippen LogP contribution in [0.15, 0.2) is 23.1 Å². The molecule has 0 aliphatic heterocycles. The van der Waals surface area contributed by atoms with Gasteiger partial charge in [0.25, 0.3) is 0 Å². The third-order valence-corrected chi connectivity index (χ3v) is 3.48. The monoisotopic (exact) mass is 229 g/mol. The Kier molecular flexibility index (Phi) is 3.54. The van der Waals surface area contributed by atoms with Crippen molar-refractivity contribution < 1.29 is 8.42 Å². The fourth-order valence-corrected chi connectivity index (χ4v) is 2.26. The van der Waals surface area contributed by atoms with E-state index in [1.165, 1.54) is 12.1 Å². The molecule has 0 spiro atoms. The molecule has 0 atom stereocenters. The Balaban J connectivity index is 3.17. The van der Waals surface area contributed by atoms with Gasteiger partial charge in [-0.05, 0) is 18.2 Å². The van der Waals surface area contributed by atoms with E-state index >= 15 is 0 Å². The Hall–Kier alpha value is -1.27. The van der Waals surface area contributed by atoms with E-state index in [1.54, 1.807) is 20.0 Å². The Morgan fingerprint density at radius 1 is 1.40 bits per heavy atom. The lowest BCUT2D eigenvalue weighted by molar-refractivity contribution is 0.584. The molecule has 0 saturated heterocycles. The van der Waals surface area contributed by atoms with Crippen molar-refractivity contribution in [3.8, 4) is 0 Å². The maximum absolute atomic E-state index is 11.6. The molecule has 0 amide bonds. The lowest BCUT2D eigenvalue weighted by atomic mass is 10.3. The minimum absolute atomic E-state index is 0.211. The van der Waals surface area contributed by atoms with Gasteiger partial charge >= 0.3 is 0 Å². The van der Waals surface area contributed by atoms with E-state index in [4.69, 9.17) is 5.73 Å². The molecule has 4 N–H and O–H groups in total. The van der Waals surface area contributed by atoms with Gasteiger partial charge in [-0.3, -0.25) is 0 Å². The van der Waals surface area contributed by atoms with Crippen molar-refractivity contribution in [1.82, 2.24) is 4.72 Å². The first-order valence-electron chi connectivity index (χ1n) is 4.58. The maximum Gasteiger partial charge on any atom is 0.240 e. The van der Waals surface area contributed by atoms with E-state index in [1.807, 2.05) is 0 Å². The number of hydrogen-bond acceptors (Lipinski definition) is 4. The van der Waals surface area contributed by atoms with E-state index in [9.17, 15) is 8.42 Å². The topological polar surface area (TPSA) is 84.2 Å². The second-order valence-electron chi connectivity index (χ2n) is 3.00. The quantitative estimate of drug-likeness (QED) is 0.660. The maximum atomic E-state index is 11.6. The number of rotatable bonds is 4. The molecule has 0 heterocycles. The Morgan fingerprint density at radius 2 is 2.07 bits per heavy atom. The molecule has 1 aromatic rings. The molecular weight excluding hydrogens is 214 g/mol. The number of nitrogens with two attached hydrogens (primary N) is 1. The van der Waals surface area contributed by atoms with Crippen LogP contribution >= 0.6 is 0 Å². The summed E-state index contributed by atoms with van der Waals surface area (Å²) in [5.74, 6) is 0. The van der Waals surface area contributed by atoms with E-state index in [0.717, 1.165) is 0 Å². The molecular formula is C9H15N3O2S. The van der Waals surface area contributed by atoms with Gasteiger partial charge in [0.1, 0.15) is 0 Å². The lowest BCUT2D eigenvalue weighted by Gasteiger charge is -2.08. The number of benzene rings is 1. The van der Waals surface area contributed by atoms with Gasteiger partial charge in [0.05, 0.1) is 16.3 Å². The third-order valence-electron chi connectivity index (χ3n) is 1.94. The second kappa shape index (κ2) is 4.50. The number of anilines is 2. The van der Waals surface area contributed by atoms with Gasteiger partial charge in [-0.1, -0.05) is 6.92 Å². The SMILES string of the molecule is CCNS(=O)(=O)c1ccc(N)c(NC)c1. The highest BCUT2D eigenvalue weighted by Gasteiger charge is 2.13. The van der Waals surface area contributed by atoms with Crippen LogP contribution in [0.2, 0.25) is 0 Å². The predicted octanol–water partition coefficient (Wildman–Crippen LogP) is 0.609. The molecule has 0 fully saturated rings. The summed E-state index contributed by atoms with van der Waals surface area (Å²) in [6.45, 7) is 2.09. The molecule has 0 aliphatic carbocycles. The smallest absolute Gasteiger partial charge is 0.240 e. The third kappa shape index (κ3) is 2.60. The van der Waals surface area contributed by atoms with Gasteiger partial charge in [0.15, 0.2) is 0 Å². The molecule has 1 aromatic carbocycles. The highest BCUT2D eigenvalue weighted by Crippen LogP contribution is 2.21. The molecule has 15 heavy (non-hydrogen) atoms. The van der Waals surface area contributed by atoms with Crippen LogP contribution < -0.4 is 15.8 Å². The summed E-state index contributed by atoms with van der Waals surface area (Å²) in [5, 5.41) is 2.83. The van der Waals surface area contributed by atoms with Crippen LogP contribution in [0.3, 0.4) is 0 Å². The molecule has 1 rings (SSSR count). The highest BCUT2D eigenvalue weighted by molar-refractivity contribution is 7.89. The Bertz CT molecular complexity index is 443. The van der Waals surface area contributed by atoms with Crippen molar-refractivity contribution in [3.05, 3.63) is 18.2 Å². The van der Waals surface area contributed by atoms with Crippen molar-refractivity contribution in [2.24, 2.45) is 0 Å². The van der Waals surface area contributed by atoms with Crippen molar-refractivity contribution in [2.75, 3.05) is 24.6 Å². The first-order valence-corrected chi connectivity index (χ1v) is 6.06. The van der Waals surface area contributed by atoms with Crippen LogP contribution in [0.4, 0.5) is 11.4 Å². The molecule has 0 aliphatic rings. The fraction of sp³-hybridized carbons (Fsp3) is 0.333. The first kappa shape index (κ1) is 11.8. The summed E-state index contributed by atoms with van der Waals surface area (Å²) in [6.07, 6.45) is 0. The van der Waals surface area contributed by atoms with Crippen LogP contribution in [-0.4, -0.2) is 22.0 Å². The van der Waals surface area contributed by atoms with E-state index in [2.05, 4.69) is 10.0 Å². The van der Waals surface area contributed by atoms with E-state index < -0.39 is 10.0 Å². The fourth-order valence-electron chi connectivity index (χ4n) is 1.19. The first-order chi connectivity index (χ1) is 7.01. The van der Waals surface area contributed by atoms with Crippen molar-refractivity contribution >= 4 is 21.4 Å². The summed E-state index contributed by atoms with van der Waals surface area (Å²) < 4.78 is 25.7. The predicted molar refractivity (Wildman–Crippen MR) is 61.3 cm³/mol. The zero-order valence-electron chi connectivity index (χ0n) is 8.74. The molecule has 0 saturated carbocycles. The molecule has 6 heteroatoms. The molecule has 84 valence electrons. The number of nitrogen functional groups attached to an aromatic ring is 1. The molecule has 5 nitrogen and oxygen atoms in total. The Morgan fingerprint density at radius 3 is 2.60 bits per heavy atom. The van der Waals surface area contributed by atoms with E-state index in [0.29, 0.717) is 17.9 Å². The van der Waals surface area contributed by atoms with Crippen molar-refractivity contribution in [2.45, 2.75) is 11.8 Å². The van der Waals surface area contributed by atoms with Gasteiger partial charge in [-0.15, -0.1) is 0 Å². The average molecular weight is 229 g/mol. The average Bonchev–Trinajstić information content (AvgIpc) is 2.18. The van der Waals surface area contributed by atoms with Crippen LogP contribution in [-0.2, 0) is 10.0 Å². The summed E-state index contributed by atoms with van der Waals surface area (Å²) >= 11 is 0. The minimum atomic E-state index is -3.41. The van der Waals surface area contributed by atoms with Crippen molar-refractivity contribution in [1.29, 1.82) is 0 Å². The minimum Gasteiger partial charge on any atom is -0.397 e. The molecule has 0 aromatic heterocycles. The molecule has 0 bridgehead atoms. The molecule has 0 radical (unpaired) electrons. The van der Waals surface area contributed by atoms with Crippen LogP contribution in [0.25, 0.3) is 0 Å². The van der Waals surface area contributed by atoms with Gasteiger partial charge in [0.2, 0.25) is 10.0 Å².